The van der Waals surface area contributed by atoms with Gasteiger partial charge in [0.05, 0.1) is 0 Å². The molecule has 0 amide bonds. The zero-order chi connectivity index (χ0) is 34.7. The van der Waals surface area contributed by atoms with Crippen LogP contribution < -0.4 is 15.9 Å². The number of para-hydroxylation sites is 2. The fourth-order valence-electron chi connectivity index (χ4n) is 5.28. The Bertz CT molecular complexity index is 1830. The van der Waals surface area contributed by atoms with E-state index in [2.05, 4.69) is 178 Å². The molecule has 2 nitrogen and oxygen atoms in total. The standard InChI is InChI=1S/C18H15Br2P.C12H8Br2.C12H10O2/c19-21(20,16-10-4-1-5-11-16,17-12-6-2-7-13-17)18-14-8-3-9-15-18;2*13-11-7-3-1-5-9(11)10-6-2-4-8-12(10)14/h1-15H;1-8H;1-8,13-14H. The van der Waals surface area contributed by atoms with Crippen LogP contribution in [0.5, 0.6) is 11.5 Å². The Morgan fingerprint density at radius 2 is 0.551 bits per heavy atom. The van der Waals surface area contributed by atoms with Crippen LogP contribution in [0.4, 0.5) is 0 Å². The summed E-state index contributed by atoms with van der Waals surface area (Å²) < 4.78 is -0.515. The molecule has 0 fully saturated rings. The second-order valence-corrected chi connectivity index (χ2v) is 27.3. The van der Waals surface area contributed by atoms with Gasteiger partial charge in [0, 0.05) is 20.1 Å². The van der Waals surface area contributed by atoms with Crippen molar-refractivity contribution in [3.63, 3.8) is 0 Å². The van der Waals surface area contributed by atoms with Crippen molar-refractivity contribution < 1.29 is 10.2 Å². The van der Waals surface area contributed by atoms with Gasteiger partial charge in [0.25, 0.3) is 0 Å². The molecule has 0 saturated heterocycles. The van der Waals surface area contributed by atoms with Crippen molar-refractivity contribution in [3.05, 3.63) is 197 Å². The van der Waals surface area contributed by atoms with E-state index in [0.29, 0.717) is 11.1 Å². The van der Waals surface area contributed by atoms with Crippen LogP contribution in [-0.2, 0) is 0 Å². The molecule has 2 N–H and O–H groups in total. The maximum Gasteiger partial charge on any atom is 0.123 e. The SMILES string of the molecule is BrP(Br)(c1ccccc1)(c1ccccc1)c1ccccc1.Brc1ccccc1-c1ccccc1Br.Oc1ccccc1-c1ccccc1O. The van der Waals surface area contributed by atoms with Crippen LogP contribution in [0.3, 0.4) is 0 Å². The molecule has 7 aromatic carbocycles. The van der Waals surface area contributed by atoms with E-state index in [0.717, 1.165) is 8.95 Å². The van der Waals surface area contributed by atoms with Gasteiger partial charge >= 0.3 is 142 Å². The molecule has 0 aliphatic heterocycles. The van der Waals surface area contributed by atoms with E-state index in [1.165, 1.54) is 27.0 Å². The van der Waals surface area contributed by atoms with Crippen molar-refractivity contribution >= 4 is 82.8 Å². The Morgan fingerprint density at radius 1 is 0.306 bits per heavy atom. The fourth-order valence-corrected chi connectivity index (χ4v) is 13.5. The number of rotatable bonds is 5. The molecule has 0 aromatic heterocycles. The van der Waals surface area contributed by atoms with Crippen LogP contribution in [0.2, 0.25) is 0 Å². The van der Waals surface area contributed by atoms with E-state index < -0.39 is 4.01 Å². The third kappa shape index (κ3) is 8.63. The van der Waals surface area contributed by atoms with Gasteiger partial charge in [0.2, 0.25) is 0 Å². The molecule has 0 atom stereocenters. The van der Waals surface area contributed by atoms with Crippen molar-refractivity contribution in [2.75, 3.05) is 0 Å². The van der Waals surface area contributed by atoms with Crippen molar-refractivity contribution in [3.8, 4) is 33.8 Å². The number of phenols is 2. The molecule has 0 radical (unpaired) electrons. The number of hydrogen-bond donors (Lipinski definition) is 2. The Morgan fingerprint density at radius 3 is 0.837 bits per heavy atom. The molecule has 7 heteroatoms. The normalized spacial score (nSPS) is 11.5. The summed E-state index contributed by atoms with van der Waals surface area (Å²) in [6.45, 7) is 0. The molecule has 0 aliphatic rings. The summed E-state index contributed by atoms with van der Waals surface area (Å²) in [7, 11) is 0. The molecule has 0 bridgehead atoms. The van der Waals surface area contributed by atoms with Crippen molar-refractivity contribution in [2.24, 2.45) is 0 Å². The summed E-state index contributed by atoms with van der Waals surface area (Å²) in [5.74, 6) is 0.350. The summed E-state index contributed by atoms with van der Waals surface area (Å²) in [6, 6.07) is 62.1. The Kier molecular flexibility index (Phi) is 12.7. The minimum absolute atomic E-state index is 0.175. The Hall–Kier alpha value is -3.51. The molecule has 0 aliphatic carbocycles. The Balaban J connectivity index is 0.000000148. The number of aromatic hydroxyl groups is 2. The minimum Gasteiger partial charge on any atom is -0.507 e. The first-order valence-corrected chi connectivity index (χ1v) is 23.2. The molecular weight excluding hydrogens is 887 g/mol. The van der Waals surface area contributed by atoms with Crippen LogP contribution in [-0.4, -0.2) is 10.2 Å². The molecule has 7 rings (SSSR count). The Labute approximate surface area is 321 Å². The van der Waals surface area contributed by atoms with E-state index in [4.69, 9.17) is 0 Å². The first-order valence-electron chi connectivity index (χ1n) is 15.4. The van der Waals surface area contributed by atoms with Gasteiger partial charge in [-0.15, -0.1) is 0 Å². The van der Waals surface area contributed by atoms with Crippen molar-refractivity contribution in [1.82, 2.24) is 0 Å². The van der Waals surface area contributed by atoms with Crippen LogP contribution in [0.1, 0.15) is 0 Å². The predicted molar refractivity (Wildman–Crippen MR) is 225 cm³/mol. The molecule has 49 heavy (non-hydrogen) atoms. The average molecular weight is 920 g/mol. The minimum atomic E-state index is -2.75. The second-order valence-electron chi connectivity index (χ2n) is 10.9. The number of hydrogen-bond acceptors (Lipinski definition) is 2. The molecular formula is C42H33Br4O2P. The van der Waals surface area contributed by atoms with Gasteiger partial charge in [-0.2, -0.15) is 0 Å². The summed E-state index contributed by atoms with van der Waals surface area (Å²) in [5, 5.41) is 22.9. The van der Waals surface area contributed by atoms with Gasteiger partial charge < -0.3 is 10.2 Å². The van der Waals surface area contributed by atoms with E-state index in [1.807, 2.05) is 36.4 Å². The van der Waals surface area contributed by atoms with Crippen molar-refractivity contribution in [2.45, 2.75) is 0 Å². The predicted octanol–water partition coefficient (Wildman–Crippen LogP) is 12.8. The first kappa shape index (κ1) is 36.8. The van der Waals surface area contributed by atoms with E-state index in [1.54, 1.807) is 36.4 Å². The molecule has 0 saturated carbocycles. The summed E-state index contributed by atoms with van der Waals surface area (Å²) in [5.41, 5.74) is 3.70. The van der Waals surface area contributed by atoms with Crippen LogP contribution in [0.25, 0.3) is 22.3 Å². The smallest absolute Gasteiger partial charge is 0.123 e. The first-order chi connectivity index (χ1) is 23.7. The molecule has 246 valence electrons. The zero-order valence-electron chi connectivity index (χ0n) is 26.3. The van der Waals surface area contributed by atoms with E-state index in [9.17, 15) is 10.2 Å². The fraction of sp³-hybridized carbons (Fsp3) is 0. The number of phenolic OH excluding ortho intramolecular Hbond substituents is 2. The molecule has 0 heterocycles. The van der Waals surface area contributed by atoms with Gasteiger partial charge in [0.1, 0.15) is 11.5 Å². The van der Waals surface area contributed by atoms with Gasteiger partial charge in [0.15, 0.2) is 0 Å². The second kappa shape index (κ2) is 16.9. The molecule has 0 spiro atoms. The summed E-state index contributed by atoms with van der Waals surface area (Å²) in [6.07, 6.45) is 0. The molecule has 0 unspecified atom stereocenters. The monoisotopic (exact) mass is 916 g/mol. The third-order valence-corrected chi connectivity index (χ3v) is 20.1. The van der Waals surface area contributed by atoms with Crippen LogP contribution in [0.15, 0.2) is 197 Å². The maximum absolute atomic E-state index is 9.58. The van der Waals surface area contributed by atoms with E-state index >= 15 is 0 Å². The average Bonchev–Trinajstić information content (AvgIpc) is 3.15. The van der Waals surface area contributed by atoms with Crippen LogP contribution in [0, 0.1) is 0 Å². The van der Waals surface area contributed by atoms with Gasteiger partial charge in [-0.05, 0) is 35.4 Å². The zero-order valence-corrected chi connectivity index (χ0v) is 33.5. The van der Waals surface area contributed by atoms with Gasteiger partial charge in [-0.1, -0.05) is 105 Å². The summed E-state index contributed by atoms with van der Waals surface area (Å²) in [4.78, 5) is 0. The summed E-state index contributed by atoms with van der Waals surface area (Å²) >= 11 is 15.4. The quantitative estimate of drug-likeness (QED) is 0.169. The topological polar surface area (TPSA) is 40.5 Å². The maximum atomic E-state index is 9.58. The van der Waals surface area contributed by atoms with Crippen LogP contribution >= 0.6 is 66.8 Å². The van der Waals surface area contributed by atoms with Gasteiger partial charge in [-0.25, -0.2) is 0 Å². The van der Waals surface area contributed by atoms with E-state index in [-0.39, 0.29) is 11.5 Å². The van der Waals surface area contributed by atoms with Gasteiger partial charge in [-0.3, -0.25) is 0 Å². The number of halogens is 4. The molecule has 7 aromatic rings. The largest absolute Gasteiger partial charge is 0.507 e. The number of benzene rings is 7. The third-order valence-electron chi connectivity index (χ3n) is 7.76. The van der Waals surface area contributed by atoms with Crippen molar-refractivity contribution in [1.29, 1.82) is 0 Å².